The fourth-order valence-corrected chi connectivity index (χ4v) is 1.56. The van der Waals surface area contributed by atoms with Crippen LogP contribution in [0.25, 0.3) is 6.08 Å². The monoisotopic (exact) mass is 189 g/mol. The van der Waals surface area contributed by atoms with E-state index >= 15 is 0 Å². The molecular weight excluding hydrogens is 170 g/mol. The first-order valence-electron chi connectivity index (χ1n) is 5.21. The number of hydrogen-bond acceptors (Lipinski definition) is 1. The maximum Gasteiger partial charge on any atom is 0.00790 e. The Morgan fingerprint density at radius 3 is 2.50 bits per heavy atom. The lowest BCUT2D eigenvalue weighted by Gasteiger charge is -2.11. The highest BCUT2D eigenvalue weighted by Gasteiger charge is 2.00. The number of benzene rings is 1. The molecule has 0 aliphatic carbocycles. The van der Waals surface area contributed by atoms with E-state index in [4.69, 9.17) is 0 Å². The minimum Gasteiger partial charge on any atom is -0.314 e. The van der Waals surface area contributed by atoms with E-state index in [1.165, 1.54) is 11.1 Å². The predicted octanol–water partition coefficient (Wildman–Crippen LogP) is 2.87. The Hall–Kier alpha value is -1.08. The molecule has 14 heavy (non-hydrogen) atoms. The second kappa shape index (κ2) is 5.61. The van der Waals surface area contributed by atoms with Gasteiger partial charge in [-0.2, -0.15) is 0 Å². The normalized spacial score (nSPS) is 12.4. The quantitative estimate of drug-likeness (QED) is 0.751. The second-order valence-corrected chi connectivity index (χ2v) is 3.61. The summed E-state index contributed by atoms with van der Waals surface area (Å²) in [6.45, 7) is 9.12. The van der Waals surface area contributed by atoms with Gasteiger partial charge in [-0.1, -0.05) is 43.8 Å². The Labute approximate surface area is 86.8 Å². The zero-order valence-electron chi connectivity index (χ0n) is 9.09. The Kier molecular flexibility index (Phi) is 4.41. The highest BCUT2D eigenvalue weighted by atomic mass is 14.9. The van der Waals surface area contributed by atoms with Crippen LogP contribution in [-0.4, -0.2) is 12.6 Å². The lowest BCUT2D eigenvalue weighted by atomic mass is 10.1. The van der Waals surface area contributed by atoms with Gasteiger partial charge in [-0.3, -0.25) is 0 Å². The number of hydrogen-bond donors (Lipinski definition) is 1. The van der Waals surface area contributed by atoms with Gasteiger partial charge in [0, 0.05) is 6.04 Å². The van der Waals surface area contributed by atoms with Crippen molar-refractivity contribution in [3.63, 3.8) is 0 Å². The smallest absolute Gasteiger partial charge is 0.00790 e. The third kappa shape index (κ3) is 3.35. The van der Waals surface area contributed by atoms with Gasteiger partial charge in [0.05, 0.1) is 0 Å². The molecule has 0 saturated carbocycles. The van der Waals surface area contributed by atoms with Gasteiger partial charge in [0.25, 0.3) is 0 Å². The summed E-state index contributed by atoms with van der Waals surface area (Å²) in [4.78, 5) is 0. The van der Waals surface area contributed by atoms with Gasteiger partial charge >= 0.3 is 0 Å². The van der Waals surface area contributed by atoms with Crippen molar-refractivity contribution in [2.75, 3.05) is 6.54 Å². The molecule has 1 unspecified atom stereocenters. The molecule has 1 N–H and O–H groups in total. The Morgan fingerprint density at radius 2 is 2.00 bits per heavy atom. The third-order valence-corrected chi connectivity index (χ3v) is 2.31. The van der Waals surface area contributed by atoms with Crippen molar-refractivity contribution >= 4 is 6.08 Å². The molecule has 1 aromatic rings. The molecular formula is C13H19N. The summed E-state index contributed by atoms with van der Waals surface area (Å²) in [6.07, 6.45) is 2.96. The molecule has 0 amide bonds. The van der Waals surface area contributed by atoms with Gasteiger partial charge in [0.2, 0.25) is 0 Å². The van der Waals surface area contributed by atoms with Gasteiger partial charge in [-0.25, -0.2) is 0 Å². The number of likely N-dealkylation sites (N-methyl/N-ethyl adjacent to an activating group) is 1. The Bertz CT molecular complexity index is 274. The van der Waals surface area contributed by atoms with Crippen molar-refractivity contribution < 1.29 is 0 Å². The van der Waals surface area contributed by atoms with E-state index in [-0.39, 0.29) is 0 Å². The van der Waals surface area contributed by atoms with Gasteiger partial charge in [0.15, 0.2) is 0 Å². The first-order chi connectivity index (χ1) is 6.76. The zero-order valence-corrected chi connectivity index (χ0v) is 9.09. The molecule has 0 radical (unpaired) electrons. The minimum absolute atomic E-state index is 0.551. The average molecular weight is 189 g/mol. The molecule has 0 spiro atoms. The van der Waals surface area contributed by atoms with Gasteiger partial charge < -0.3 is 5.32 Å². The number of nitrogens with one attached hydrogen (secondary N) is 1. The Morgan fingerprint density at radius 1 is 1.36 bits per heavy atom. The van der Waals surface area contributed by atoms with Crippen molar-refractivity contribution in [1.82, 2.24) is 5.32 Å². The molecule has 1 heteroatoms. The maximum atomic E-state index is 3.74. The molecule has 76 valence electrons. The molecule has 1 rings (SSSR count). The van der Waals surface area contributed by atoms with Crippen LogP contribution >= 0.6 is 0 Å². The average Bonchev–Trinajstić information content (AvgIpc) is 2.19. The van der Waals surface area contributed by atoms with Gasteiger partial charge in [-0.15, -0.1) is 0 Å². The van der Waals surface area contributed by atoms with E-state index in [1.54, 1.807) is 0 Å². The van der Waals surface area contributed by atoms with Crippen LogP contribution in [0.1, 0.15) is 25.0 Å². The van der Waals surface area contributed by atoms with Crippen LogP contribution in [0.15, 0.2) is 30.8 Å². The lowest BCUT2D eigenvalue weighted by Crippen LogP contribution is -2.27. The van der Waals surface area contributed by atoms with Crippen molar-refractivity contribution in [3.05, 3.63) is 42.0 Å². The van der Waals surface area contributed by atoms with E-state index in [9.17, 15) is 0 Å². The van der Waals surface area contributed by atoms with Crippen LogP contribution < -0.4 is 5.32 Å². The zero-order chi connectivity index (χ0) is 10.4. The summed E-state index contributed by atoms with van der Waals surface area (Å²) in [7, 11) is 0. The molecule has 0 heterocycles. The van der Waals surface area contributed by atoms with E-state index in [2.05, 4.69) is 50.0 Å². The van der Waals surface area contributed by atoms with Crippen molar-refractivity contribution in [1.29, 1.82) is 0 Å². The van der Waals surface area contributed by atoms with Crippen LogP contribution in [0.4, 0.5) is 0 Å². The van der Waals surface area contributed by atoms with Crippen molar-refractivity contribution in [3.8, 4) is 0 Å². The predicted molar refractivity (Wildman–Crippen MR) is 63.4 cm³/mol. The fourth-order valence-electron chi connectivity index (χ4n) is 1.56. The van der Waals surface area contributed by atoms with Crippen LogP contribution in [0.3, 0.4) is 0 Å². The molecule has 1 atom stereocenters. The second-order valence-electron chi connectivity index (χ2n) is 3.61. The largest absolute Gasteiger partial charge is 0.314 e. The van der Waals surface area contributed by atoms with E-state index in [0.29, 0.717) is 6.04 Å². The summed E-state index contributed by atoms with van der Waals surface area (Å²) < 4.78 is 0. The SMILES string of the molecule is C=Cc1ccc(CC(C)NCC)cc1. The summed E-state index contributed by atoms with van der Waals surface area (Å²) in [5, 5.41) is 3.40. The van der Waals surface area contributed by atoms with E-state index < -0.39 is 0 Å². The first-order valence-corrected chi connectivity index (χ1v) is 5.21. The molecule has 0 fully saturated rings. The van der Waals surface area contributed by atoms with Crippen molar-refractivity contribution in [2.24, 2.45) is 0 Å². The first kappa shape index (κ1) is 11.0. The van der Waals surface area contributed by atoms with Crippen molar-refractivity contribution in [2.45, 2.75) is 26.3 Å². The molecule has 1 aromatic carbocycles. The maximum absolute atomic E-state index is 3.74. The third-order valence-electron chi connectivity index (χ3n) is 2.31. The number of rotatable bonds is 5. The van der Waals surface area contributed by atoms with Gasteiger partial charge in [-0.05, 0) is 31.0 Å². The topological polar surface area (TPSA) is 12.0 Å². The van der Waals surface area contributed by atoms with Crippen LogP contribution in [0.5, 0.6) is 0 Å². The molecule has 0 aliphatic heterocycles. The molecule has 1 nitrogen and oxygen atoms in total. The van der Waals surface area contributed by atoms with E-state index in [0.717, 1.165) is 13.0 Å². The highest BCUT2D eigenvalue weighted by molar-refractivity contribution is 5.47. The summed E-state index contributed by atoms with van der Waals surface area (Å²) in [5.74, 6) is 0. The molecule has 0 aliphatic rings. The van der Waals surface area contributed by atoms with Crippen LogP contribution in [-0.2, 0) is 6.42 Å². The summed E-state index contributed by atoms with van der Waals surface area (Å²) >= 11 is 0. The van der Waals surface area contributed by atoms with Crippen LogP contribution in [0.2, 0.25) is 0 Å². The van der Waals surface area contributed by atoms with Crippen LogP contribution in [0, 0.1) is 0 Å². The Balaban J connectivity index is 2.55. The van der Waals surface area contributed by atoms with Gasteiger partial charge in [0.1, 0.15) is 0 Å². The minimum atomic E-state index is 0.551. The molecule has 0 saturated heterocycles. The standard InChI is InChI=1S/C13H19N/c1-4-12-6-8-13(9-7-12)10-11(3)14-5-2/h4,6-9,11,14H,1,5,10H2,2-3H3. The summed E-state index contributed by atoms with van der Waals surface area (Å²) in [5.41, 5.74) is 2.56. The van der Waals surface area contributed by atoms with E-state index in [1.807, 2.05) is 6.08 Å². The molecule has 0 bridgehead atoms. The highest BCUT2D eigenvalue weighted by Crippen LogP contribution is 2.07. The fraction of sp³-hybridized carbons (Fsp3) is 0.385. The lowest BCUT2D eigenvalue weighted by molar-refractivity contribution is 0.565. The molecule has 0 aromatic heterocycles. The summed E-state index contributed by atoms with van der Waals surface area (Å²) in [6, 6.07) is 9.12.